The van der Waals surface area contributed by atoms with Gasteiger partial charge in [0, 0.05) is 11.8 Å². The quantitative estimate of drug-likeness (QED) is 0.695. The monoisotopic (exact) mass is 412 g/mol. The molecule has 10 heteroatoms. The van der Waals surface area contributed by atoms with Crippen molar-refractivity contribution in [3.8, 4) is 11.5 Å². The second-order valence-electron chi connectivity index (χ2n) is 5.73. The smallest absolute Gasteiger partial charge is 0.416 e. The van der Waals surface area contributed by atoms with Crippen LogP contribution in [0.5, 0.6) is 11.5 Å². The molecular weight excluding hydrogens is 393 g/mol. The summed E-state index contributed by atoms with van der Waals surface area (Å²) in [6, 6.07) is 8.98. The lowest BCUT2D eigenvalue weighted by atomic mass is 10.2. The van der Waals surface area contributed by atoms with Crippen molar-refractivity contribution in [2.45, 2.75) is 6.18 Å². The molecule has 0 fully saturated rings. The molecule has 0 atom stereocenters. The second-order valence-corrected chi connectivity index (χ2v) is 5.73. The third-order valence-corrected chi connectivity index (χ3v) is 3.62. The summed E-state index contributed by atoms with van der Waals surface area (Å²) in [5.74, 6) is -0.318. The Hall–Kier alpha value is -3.27. The van der Waals surface area contributed by atoms with Gasteiger partial charge in [-0.05, 0) is 30.3 Å². The maximum atomic E-state index is 12.7. The topological polar surface area (TPSA) is 85.9 Å². The standard InChI is InChI=1S/C19H19F3N2O5/c1-27-14-6-7-15(16(9-14)28-2)24-18(26)11-29-10-17(25)23-13-5-3-4-12(8-13)19(20,21)22/h3-9H,10-11H2,1-2H3,(H,23,25)(H,24,26). The zero-order valence-corrected chi connectivity index (χ0v) is 15.6. The molecule has 0 spiro atoms. The highest BCUT2D eigenvalue weighted by atomic mass is 19.4. The molecule has 2 aromatic carbocycles. The number of methoxy groups -OCH3 is 2. The van der Waals surface area contributed by atoms with Gasteiger partial charge in [-0.3, -0.25) is 9.59 Å². The zero-order chi connectivity index (χ0) is 21.4. The Morgan fingerprint density at radius 3 is 2.24 bits per heavy atom. The number of halogens is 3. The van der Waals surface area contributed by atoms with Gasteiger partial charge in [0.15, 0.2) is 0 Å². The first kappa shape index (κ1) is 22.0. The van der Waals surface area contributed by atoms with Gasteiger partial charge in [0.25, 0.3) is 0 Å². The largest absolute Gasteiger partial charge is 0.497 e. The summed E-state index contributed by atoms with van der Waals surface area (Å²) in [6.45, 7) is -0.950. The molecule has 2 amide bonds. The van der Waals surface area contributed by atoms with Crippen molar-refractivity contribution >= 4 is 23.2 Å². The number of benzene rings is 2. The Labute approximate surface area is 164 Å². The van der Waals surface area contributed by atoms with Crippen LogP contribution < -0.4 is 20.1 Å². The number of nitrogens with one attached hydrogen (secondary N) is 2. The fourth-order valence-electron chi connectivity index (χ4n) is 2.29. The highest BCUT2D eigenvalue weighted by Crippen LogP contribution is 2.31. The van der Waals surface area contributed by atoms with Gasteiger partial charge in [0.1, 0.15) is 24.7 Å². The predicted octanol–water partition coefficient (Wildman–Crippen LogP) is 3.32. The van der Waals surface area contributed by atoms with E-state index in [2.05, 4.69) is 10.6 Å². The molecule has 0 unspecified atom stereocenters. The fraction of sp³-hybridized carbons (Fsp3) is 0.263. The molecule has 0 aromatic heterocycles. The number of ether oxygens (including phenoxy) is 3. The summed E-state index contributed by atoms with van der Waals surface area (Å²) >= 11 is 0. The van der Waals surface area contributed by atoms with Crippen molar-refractivity contribution in [3.05, 3.63) is 48.0 Å². The summed E-state index contributed by atoms with van der Waals surface area (Å²) < 4.78 is 53.2. The van der Waals surface area contributed by atoms with Gasteiger partial charge in [-0.25, -0.2) is 0 Å². The Bertz CT molecular complexity index is 871. The van der Waals surface area contributed by atoms with Crippen LogP contribution in [0.25, 0.3) is 0 Å². The van der Waals surface area contributed by atoms with Crippen molar-refractivity contribution in [1.82, 2.24) is 0 Å². The average molecular weight is 412 g/mol. The number of hydrogen-bond donors (Lipinski definition) is 2. The van der Waals surface area contributed by atoms with E-state index in [1.807, 2.05) is 0 Å². The first-order chi connectivity index (χ1) is 13.7. The first-order valence-electron chi connectivity index (χ1n) is 8.29. The minimum absolute atomic E-state index is 0.0270. The summed E-state index contributed by atoms with van der Waals surface area (Å²) in [5.41, 5.74) is -0.528. The summed E-state index contributed by atoms with van der Waals surface area (Å²) in [5, 5.41) is 4.84. The molecule has 156 valence electrons. The van der Waals surface area contributed by atoms with Gasteiger partial charge < -0.3 is 24.8 Å². The summed E-state index contributed by atoms with van der Waals surface area (Å²) in [4.78, 5) is 23.8. The van der Waals surface area contributed by atoms with E-state index in [9.17, 15) is 22.8 Å². The molecule has 7 nitrogen and oxygen atoms in total. The van der Waals surface area contributed by atoms with E-state index in [0.717, 1.165) is 12.1 Å². The van der Waals surface area contributed by atoms with Crippen LogP contribution in [0.4, 0.5) is 24.5 Å². The molecule has 0 aliphatic carbocycles. The second kappa shape index (κ2) is 9.78. The highest BCUT2D eigenvalue weighted by Gasteiger charge is 2.30. The number of alkyl halides is 3. The number of carbonyl (C=O) groups is 2. The van der Waals surface area contributed by atoms with Crippen LogP contribution in [-0.4, -0.2) is 39.2 Å². The lowest BCUT2D eigenvalue weighted by molar-refractivity contribution is -0.137. The van der Waals surface area contributed by atoms with Crippen LogP contribution in [0.2, 0.25) is 0 Å². The zero-order valence-electron chi connectivity index (χ0n) is 15.6. The molecule has 29 heavy (non-hydrogen) atoms. The van der Waals surface area contributed by atoms with Crippen molar-refractivity contribution in [1.29, 1.82) is 0 Å². The molecule has 0 aliphatic heterocycles. The Morgan fingerprint density at radius 1 is 0.931 bits per heavy atom. The van der Waals surface area contributed by atoms with E-state index < -0.39 is 36.8 Å². The number of amides is 2. The average Bonchev–Trinajstić information content (AvgIpc) is 2.67. The number of rotatable bonds is 8. The molecule has 0 saturated carbocycles. The third kappa shape index (κ3) is 6.68. The minimum Gasteiger partial charge on any atom is -0.497 e. The van der Waals surface area contributed by atoms with E-state index in [1.165, 1.54) is 26.4 Å². The van der Waals surface area contributed by atoms with E-state index >= 15 is 0 Å². The van der Waals surface area contributed by atoms with Crippen LogP contribution in [0.15, 0.2) is 42.5 Å². The van der Waals surface area contributed by atoms with E-state index in [1.54, 1.807) is 18.2 Å². The summed E-state index contributed by atoms with van der Waals surface area (Å²) in [6.07, 6.45) is -4.52. The maximum absolute atomic E-state index is 12.7. The molecule has 0 saturated heterocycles. The molecule has 2 aromatic rings. The van der Waals surface area contributed by atoms with Crippen LogP contribution in [0.1, 0.15) is 5.56 Å². The molecular formula is C19H19F3N2O5. The first-order valence-corrected chi connectivity index (χ1v) is 8.29. The van der Waals surface area contributed by atoms with Gasteiger partial charge in [0.2, 0.25) is 11.8 Å². The van der Waals surface area contributed by atoms with Gasteiger partial charge in [0.05, 0.1) is 25.5 Å². The predicted molar refractivity (Wildman–Crippen MR) is 99.1 cm³/mol. The normalized spacial score (nSPS) is 10.9. The molecule has 2 rings (SSSR count). The van der Waals surface area contributed by atoms with Gasteiger partial charge >= 0.3 is 6.18 Å². The maximum Gasteiger partial charge on any atom is 0.416 e. The van der Waals surface area contributed by atoms with E-state index in [0.29, 0.717) is 17.2 Å². The van der Waals surface area contributed by atoms with E-state index in [4.69, 9.17) is 14.2 Å². The van der Waals surface area contributed by atoms with Crippen molar-refractivity contribution < 1.29 is 37.0 Å². The highest BCUT2D eigenvalue weighted by molar-refractivity contribution is 5.94. The molecule has 0 bridgehead atoms. The molecule has 0 aliphatic rings. The Kier molecular flexibility index (Phi) is 7.43. The lowest BCUT2D eigenvalue weighted by Gasteiger charge is -2.12. The third-order valence-electron chi connectivity index (χ3n) is 3.62. The van der Waals surface area contributed by atoms with E-state index in [-0.39, 0.29) is 5.69 Å². The van der Waals surface area contributed by atoms with Gasteiger partial charge in [-0.2, -0.15) is 13.2 Å². The molecule has 0 heterocycles. The Morgan fingerprint density at radius 2 is 1.62 bits per heavy atom. The van der Waals surface area contributed by atoms with Crippen LogP contribution in [0, 0.1) is 0 Å². The van der Waals surface area contributed by atoms with Gasteiger partial charge in [-0.1, -0.05) is 6.07 Å². The summed E-state index contributed by atoms with van der Waals surface area (Å²) in [7, 11) is 2.92. The minimum atomic E-state index is -4.52. The van der Waals surface area contributed by atoms with Gasteiger partial charge in [-0.15, -0.1) is 0 Å². The number of carbonyl (C=O) groups excluding carboxylic acids is 2. The van der Waals surface area contributed by atoms with Crippen LogP contribution in [0.3, 0.4) is 0 Å². The van der Waals surface area contributed by atoms with Crippen molar-refractivity contribution in [2.75, 3.05) is 38.1 Å². The Balaban J connectivity index is 1.82. The van der Waals surface area contributed by atoms with Crippen LogP contribution >= 0.6 is 0 Å². The fourth-order valence-corrected chi connectivity index (χ4v) is 2.29. The molecule has 2 N–H and O–H groups in total. The molecule has 0 radical (unpaired) electrons. The van der Waals surface area contributed by atoms with Crippen LogP contribution in [-0.2, 0) is 20.5 Å². The van der Waals surface area contributed by atoms with Crippen molar-refractivity contribution in [3.63, 3.8) is 0 Å². The number of anilines is 2. The SMILES string of the molecule is COc1ccc(NC(=O)COCC(=O)Nc2cccc(C(F)(F)F)c2)c(OC)c1. The number of hydrogen-bond acceptors (Lipinski definition) is 5. The lowest BCUT2D eigenvalue weighted by Crippen LogP contribution is -2.24. The van der Waals surface area contributed by atoms with Crippen molar-refractivity contribution in [2.24, 2.45) is 0 Å².